The molecule has 0 atom stereocenters. The molecule has 0 saturated heterocycles. The van der Waals surface area contributed by atoms with Crippen molar-refractivity contribution in [3.8, 4) is 5.75 Å². The van der Waals surface area contributed by atoms with Gasteiger partial charge in [0.25, 0.3) is 0 Å². The van der Waals surface area contributed by atoms with Gasteiger partial charge in [-0.1, -0.05) is 18.2 Å². The zero-order chi connectivity index (χ0) is 14.0. The van der Waals surface area contributed by atoms with Crippen molar-refractivity contribution in [2.45, 2.75) is 23.6 Å². The molecular weight excluding hydrogens is 262 g/mol. The second-order valence-corrected chi connectivity index (χ2v) is 6.10. The van der Waals surface area contributed by atoms with Crippen LogP contribution in [-0.2, 0) is 9.84 Å². The Labute approximate surface area is 113 Å². The molecule has 1 aromatic heterocycles. The predicted octanol–water partition coefficient (Wildman–Crippen LogP) is 2.54. The van der Waals surface area contributed by atoms with Crippen LogP contribution in [0.4, 0.5) is 0 Å². The van der Waals surface area contributed by atoms with Gasteiger partial charge in [-0.3, -0.25) is 4.98 Å². The van der Waals surface area contributed by atoms with Crippen LogP contribution in [0.2, 0.25) is 0 Å². The van der Waals surface area contributed by atoms with E-state index in [1.807, 2.05) is 6.92 Å². The first kappa shape index (κ1) is 13.5. The number of hydrogen-bond donors (Lipinski definition) is 0. The predicted molar refractivity (Wildman–Crippen MR) is 72.2 cm³/mol. The monoisotopic (exact) mass is 277 g/mol. The summed E-state index contributed by atoms with van der Waals surface area (Å²) in [5.41, 5.74) is 1.49. The molecule has 2 rings (SSSR count). The van der Waals surface area contributed by atoms with Crippen LogP contribution in [0.25, 0.3) is 0 Å². The summed E-state index contributed by atoms with van der Waals surface area (Å²) in [5, 5.41) is 0. The van der Waals surface area contributed by atoms with Crippen molar-refractivity contribution in [1.29, 1.82) is 0 Å². The van der Waals surface area contributed by atoms with E-state index >= 15 is 0 Å². The number of aromatic nitrogens is 1. The van der Waals surface area contributed by atoms with Gasteiger partial charge >= 0.3 is 0 Å². The van der Waals surface area contributed by atoms with E-state index in [1.54, 1.807) is 37.3 Å². The summed E-state index contributed by atoms with van der Waals surface area (Å²) in [6, 6.07) is 8.27. The minimum absolute atomic E-state index is 0.101. The van der Waals surface area contributed by atoms with E-state index in [0.29, 0.717) is 5.75 Å². The smallest absolute Gasteiger partial charge is 0.211 e. The van der Waals surface area contributed by atoms with Gasteiger partial charge in [0.15, 0.2) is 0 Å². The van der Waals surface area contributed by atoms with Gasteiger partial charge < -0.3 is 4.74 Å². The highest BCUT2D eigenvalue weighted by Gasteiger charge is 2.24. The Bertz CT molecular complexity index is 694. The van der Waals surface area contributed by atoms with Crippen LogP contribution in [0.5, 0.6) is 5.75 Å². The Morgan fingerprint density at radius 3 is 2.32 bits per heavy atom. The average molecular weight is 277 g/mol. The summed E-state index contributed by atoms with van der Waals surface area (Å²) in [7, 11) is -2.14. The van der Waals surface area contributed by atoms with Crippen molar-refractivity contribution >= 4 is 9.84 Å². The van der Waals surface area contributed by atoms with Crippen molar-refractivity contribution < 1.29 is 13.2 Å². The fraction of sp³-hybridized carbons (Fsp3) is 0.214. The summed E-state index contributed by atoms with van der Waals surface area (Å²) in [4.78, 5) is 4.46. The molecule has 5 heteroatoms. The second kappa shape index (κ2) is 5.01. The van der Waals surface area contributed by atoms with Gasteiger partial charge in [-0.15, -0.1) is 0 Å². The fourth-order valence-electron chi connectivity index (χ4n) is 1.83. The number of rotatable bonds is 3. The SMILES string of the molecule is COc1c(S(=O)(=O)c2ccccc2)cnc(C)c1C. The third kappa shape index (κ3) is 2.33. The number of benzene rings is 1. The minimum Gasteiger partial charge on any atom is -0.495 e. The van der Waals surface area contributed by atoms with E-state index < -0.39 is 9.84 Å². The maximum atomic E-state index is 12.6. The topological polar surface area (TPSA) is 56.3 Å². The van der Waals surface area contributed by atoms with E-state index in [9.17, 15) is 8.42 Å². The van der Waals surface area contributed by atoms with Gasteiger partial charge in [-0.25, -0.2) is 8.42 Å². The van der Waals surface area contributed by atoms with Gasteiger partial charge in [-0.2, -0.15) is 0 Å². The second-order valence-electron chi connectivity index (χ2n) is 4.18. The lowest BCUT2D eigenvalue weighted by Crippen LogP contribution is -2.07. The zero-order valence-electron chi connectivity index (χ0n) is 11.0. The molecule has 0 aliphatic rings. The van der Waals surface area contributed by atoms with E-state index in [4.69, 9.17) is 4.74 Å². The summed E-state index contributed by atoms with van der Waals surface area (Å²) in [6.45, 7) is 3.61. The molecule has 0 aliphatic carbocycles. The molecule has 1 heterocycles. The van der Waals surface area contributed by atoms with Crippen LogP contribution in [0.1, 0.15) is 11.3 Å². The number of methoxy groups -OCH3 is 1. The van der Waals surface area contributed by atoms with E-state index in [1.165, 1.54) is 13.3 Å². The highest BCUT2D eigenvalue weighted by Crippen LogP contribution is 2.32. The molecule has 2 aromatic rings. The first-order valence-electron chi connectivity index (χ1n) is 5.79. The lowest BCUT2D eigenvalue weighted by atomic mass is 10.2. The van der Waals surface area contributed by atoms with Crippen LogP contribution >= 0.6 is 0 Å². The molecule has 19 heavy (non-hydrogen) atoms. The van der Waals surface area contributed by atoms with E-state index in [0.717, 1.165) is 11.3 Å². The minimum atomic E-state index is -3.61. The number of aryl methyl sites for hydroxylation is 1. The van der Waals surface area contributed by atoms with E-state index in [2.05, 4.69) is 4.98 Å². The molecule has 0 amide bonds. The Morgan fingerprint density at radius 2 is 1.74 bits per heavy atom. The summed E-state index contributed by atoms with van der Waals surface area (Å²) < 4.78 is 30.4. The standard InChI is InChI=1S/C14H15NO3S/c1-10-11(2)15-9-13(14(10)18-3)19(16,17)12-7-5-4-6-8-12/h4-9H,1-3H3. The first-order chi connectivity index (χ1) is 8.98. The van der Waals surface area contributed by atoms with Crippen LogP contribution in [-0.4, -0.2) is 20.5 Å². The molecule has 0 saturated carbocycles. The number of pyridine rings is 1. The highest BCUT2D eigenvalue weighted by atomic mass is 32.2. The van der Waals surface area contributed by atoms with Crippen molar-refractivity contribution in [2.24, 2.45) is 0 Å². The van der Waals surface area contributed by atoms with Gasteiger partial charge in [0.2, 0.25) is 9.84 Å². The molecule has 0 spiro atoms. The van der Waals surface area contributed by atoms with Crippen molar-refractivity contribution in [3.05, 3.63) is 47.8 Å². The normalized spacial score (nSPS) is 11.3. The molecule has 0 N–H and O–H groups in total. The van der Waals surface area contributed by atoms with Gasteiger partial charge in [0.05, 0.1) is 12.0 Å². The Hall–Kier alpha value is -1.88. The Morgan fingerprint density at radius 1 is 1.11 bits per heavy atom. The molecule has 0 fully saturated rings. The van der Waals surface area contributed by atoms with E-state index in [-0.39, 0.29) is 9.79 Å². The maximum absolute atomic E-state index is 12.6. The van der Waals surface area contributed by atoms with Crippen LogP contribution in [0.15, 0.2) is 46.3 Å². The Kier molecular flexibility index (Phi) is 3.57. The van der Waals surface area contributed by atoms with Crippen molar-refractivity contribution in [3.63, 3.8) is 0 Å². The molecule has 0 aliphatic heterocycles. The number of hydrogen-bond acceptors (Lipinski definition) is 4. The fourth-order valence-corrected chi connectivity index (χ4v) is 3.27. The lowest BCUT2D eigenvalue weighted by Gasteiger charge is -2.13. The molecular formula is C14H15NO3S. The van der Waals surface area contributed by atoms with Crippen LogP contribution in [0, 0.1) is 13.8 Å². The molecule has 4 nitrogen and oxygen atoms in total. The first-order valence-corrected chi connectivity index (χ1v) is 7.27. The largest absolute Gasteiger partial charge is 0.495 e. The molecule has 100 valence electrons. The molecule has 0 radical (unpaired) electrons. The molecule has 0 unspecified atom stereocenters. The number of nitrogens with zero attached hydrogens (tertiary/aromatic N) is 1. The maximum Gasteiger partial charge on any atom is 0.211 e. The quantitative estimate of drug-likeness (QED) is 0.865. The van der Waals surface area contributed by atoms with Crippen LogP contribution < -0.4 is 4.74 Å². The highest BCUT2D eigenvalue weighted by molar-refractivity contribution is 7.91. The van der Waals surface area contributed by atoms with Crippen molar-refractivity contribution in [2.75, 3.05) is 7.11 Å². The Balaban J connectivity index is 2.69. The molecule has 0 bridgehead atoms. The molecule has 1 aromatic carbocycles. The summed E-state index contributed by atoms with van der Waals surface area (Å²) in [5.74, 6) is 0.358. The van der Waals surface area contributed by atoms with Gasteiger partial charge in [-0.05, 0) is 26.0 Å². The lowest BCUT2D eigenvalue weighted by molar-refractivity contribution is 0.398. The zero-order valence-corrected chi connectivity index (χ0v) is 11.9. The summed E-state index contributed by atoms with van der Waals surface area (Å²) in [6.07, 6.45) is 1.35. The third-order valence-corrected chi connectivity index (χ3v) is 4.79. The number of sulfone groups is 1. The van der Waals surface area contributed by atoms with Gasteiger partial charge in [0.1, 0.15) is 10.6 Å². The average Bonchev–Trinajstić information content (AvgIpc) is 2.42. The van der Waals surface area contributed by atoms with Crippen molar-refractivity contribution in [1.82, 2.24) is 4.98 Å². The summed E-state index contributed by atoms with van der Waals surface area (Å²) >= 11 is 0. The third-order valence-electron chi connectivity index (χ3n) is 3.03. The van der Waals surface area contributed by atoms with Crippen LogP contribution in [0.3, 0.4) is 0 Å². The number of ether oxygens (including phenoxy) is 1. The van der Waals surface area contributed by atoms with Gasteiger partial charge in [0, 0.05) is 17.5 Å².